The van der Waals surface area contributed by atoms with Gasteiger partial charge in [0.05, 0.1) is 6.42 Å². The standard InChI is InChI=1S/C29H26ClN3O2/c30-26-13-11-22(12-14-26)19-27(34)33(21-24-7-3-1-4-8-24)28(25-9-5-2-6-10-25)29(35)32-20-23-15-17-31-18-16-23/h1-18,28H,19-21H2,(H,32,35). The van der Waals surface area contributed by atoms with Crippen LogP contribution in [-0.2, 0) is 29.1 Å². The van der Waals surface area contributed by atoms with Crippen LogP contribution in [0.25, 0.3) is 0 Å². The molecule has 4 rings (SSSR count). The van der Waals surface area contributed by atoms with Gasteiger partial charge in [-0.15, -0.1) is 0 Å². The summed E-state index contributed by atoms with van der Waals surface area (Å²) in [5.74, 6) is -0.391. The number of hydrogen-bond donors (Lipinski definition) is 1. The molecule has 0 aliphatic rings. The predicted octanol–water partition coefficient (Wildman–Crippen LogP) is 5.36. The number of rotatable bonds is 9. The molecule has 0 saturated carbocycles. The first-order valence-corrected chi connectivity index (χ1v) is 11.8. The van der Waals surface area contributed by atoms with Gasteiger partial charge in [0.25, 0.3) is 0 Å². The summed E-state index contributed by atoms with van der Waals surface area (Å²) in [6.07, 6.45) is 3.53. The zero-order valence-electron chi connectivity index (χ0n) is 19.2. The van der Waals surface area contributed by atoms with Gasteiger partial charge in [0.15, 0.2) is 0 Å². The number of benzene rings is 3. The number of nitrogens with zero attached hydrogens (tertiary/aromatic N) is 2. The van der Waals surface area contributed by atoms with Gasteiger partial charge in [-0.05, 0) is 46.5 Å². The number of amides is 2. The fourth-order valence-corrected chi connectivity index (χ4v) is 4.00. The minimum atomic E-state index is -0.793. The summed E-state index contributed by atoms with van der Waals surface area (Å²) in [5.41, 5.74) is 3.46. The third-order valence-electron chi connectivity index (χ3n) is 5.68. The highest BCUT2D eigenvalue weighted by Crippen LogP contribution is 2.25. The van der Waals surface area contributed by atoms with Crippen molar-refractivity contribution in [1.82, 2.24) is 15.2 Å². The van der Waals surface area contributed by atoms with Gasteiger partial charge in [0.2, 0.25) is 11.8 Å². The van der Waals surface area contributed by atoms with Crippen LogP contribution in [0.4, 0.5) is 0 Å². The normalized spacial score (nSPS) is 11.5. The van der Waals surface area contributed by atoms with Crippen LogP contribution < -0.4 is 5.32 Å². The smallest absolute Gasteiger partial charge is 0.247 e. The van der Waals surface area contributed by atoms with Crippen molar-refractivity contribution in [2.45, 2.75) is 25.6 Å². The maximum Gasteiger partial charge on any atom is 0.247 e. The van der Waals surface area contributed by atoms with E-state index in [1.807, 2.05) is 84.9 Å². The molecular formula is C29H26ClN3O2. The van der Waals surface area contributed by atoms with Crippen molar-refractivity contribution in [3.05, 3.63) is 137 Å². The second kappa shape index (κ2) is 12.0. The Morgan fingerprint density at radius 2 is 1.40 bits per heavy atom. The van der Waals surface area contributed by atoms with E-state index in [0.29, 0.717) is 18.1 Å². The summed E-state index contributed by atoms with van der Waals surface area (Å²) < 4.78 is 0. The number of nitrogens with one attached hydrogen (secondary N) is 1. The monoisotopic (exact) mass is 483 g/mol. The van der Waals surface area contributed by atoms with Gasteiger partial charge in [-0.2, -0.15) is 0 Å². The van der Waals surface area contributed by atoms with Crippen molar-refractivity contribution in [3.63, 3.8) is 0 Å². The Bertz CT molecular complexity index is 1230. The highest BCUT2D eigenvalue weighted by atomic mass is 35.5. The Labute approximate surface area is 210 Å². The van der Waals surface area contributed by atoms with E-state index in [-0.39, 0.29) is 18.2 Å². The molecule has 1 heterocycles. The van der Waals surface area contributed by atoms with Crippen molar-refractivity contribution in [1.29, 1.82) is 0 Å². The van der Waals surface area contributed by atoms with Gasteiger partial charge in [-0.3, -0.25) is 14.6 Å². The topological polar surface area (TPSA) is 62.3 Å². The zero-order chi connectivity index (χ0) is 24.5. The second-order valence-corrected chi connectivity index (χ2v) is 8.63. The number of aromatic nitrogens is 1. The Hall–Kier alpha value is -3.96. The van der Waals surface area contributed by atoms with E-state index in [2.05, 4.69) is 10.3 Å². The number of halogens is 1. The molecule has 1 N–H and O–H groups in total. The van der Waals surface area contributed by atoms with Crippen molar-refractivity contribution in [2.24, 2.45) is 0 Å². The largest absolute Gasteiger partial charge is 0.350 e. The van der Waals surface area contributed by atoms with Crippen LogP contribution in [0.2, 0.25) is 5.02 Å². The number of carbonyl (C=O) groups excluding carboxylic acids is 2. The zero-order valence-corrected chi connectivity index (χ0v) is 19.9. The van der Waals surface area contributed by atoms with E-state index in [4.69, 9.17) is 11.6 Å². The molecule has 0 bridgehead atoms. The summed E-state index contributed by atoms with van der Waals surface area (Å²) in [4.78, 5) is 33.0. The maximum atomic E-state index is 13.7. The van der Waals surface area contributed by atoms with Crippen molar-refractivity contribution in [2.75, 3.05) is 0 Å². The molecule has 6 heteroatoms. The molecule has 0 spiro atoms. The van der Waals surface area contributed by atoms with E-state index in [1.54, 1.807) is 29.4 Å². The molecule has 0 aliphatic carbocycles. The van der Waals surface area contributed by atoms with Gasteiger partial charge >= 0.3 is 0 Å². The molecule has 1 atom stereocenters. The van der Waals surface area contributed by atoms with E-state index in [9.17, 15) is 9.59 Å². The average Bonchev–Trinajstić information content (AvgIpc) is 2.90. The first-order chi connectivity index (χ1) is 17.1. The van der Waals surface area contributed by atoms with E-state index in [0.717, 1.165) is 22.3 Å². The SMILES string of the molecule is O=C(NCc1ccncc1)C(c1ccccc1)N(Cc1ccccc1)C(=O)Cc1ccc(Cl)cc1. The van der Waals surface area contributed by atoms with Gasteiger partial charge in [-0.25, -0.2) is 0 Å². The van der Waals surface area contributed by atoms with Gasteiger partial charge in [0, 0.05) is 30.5 Å². The Morgan fingerprint density at radius 1 is 0.771 bits per heavy atom. The molecule has 2 amide bonds. The van der Waals surface area contributed by atoms with Crippen LogP contribution >= 0.6 is 11.6 Å². The number of carbonyl (C=O) groups is 2. The van der Waals surface area contributed by atoms with E-state index >= 15 is 0 Å². The van der Waals surface area contributed by atoms with Crippen LogP contribution in [0.15, 0.2) is 109 Å². The summed E-state index contributed by atoms with van der Waals surface area (Å²) in [5, 5.41) is 3.62. The lowest BCUT2D eigenvalue weighted by molar-refractivity contribution is -0.141. The summed E-state index contributed by atoms with van der Waals surface area (Å²) >= 11 is 6.02. The molecule has 176 valence electrons. The molecule has 5 nitrogen and oxygen atoms in total. The lowest BCUT2D eigenvalue weighted by Gasteiger charge is -2.32. The summed E-state index contributed by atoms with van der Waals surface area (Å²) in [7, 11) is 0. The molecule has 0 aliphatic heterocycles. The maximum absolute atomic E-state index is 13.7. The Balaban J connectivity index is 1.66. The molecule has 0 saturated heterocycles. The van der Waals surface area contributed by atoms with Crippen molar-refractivity contribution >= 4 is 23.4 Å². The second-order valence-electron chi connectivity index (χ2n) is 8.20. The molecule has 3 aromatic carbocycles. The third kappa shape index (κ3) is 6.78. The van der Waals surface area contributed by atoms with Crippen molar-refractivity contribution in [3.8, 4) is 0 Å². The molecular weight excluding hydrogens is 458 g/mol. The van der Waals surface area contributed by atoms with Crippen LogP contribution in [0, 0.1) is 0 Å². The minimum Gasteiger partial charge on any atom is -0.350 e. The molecule has 0 fully saturated rings. The Kier molecular flexibility index (Phi) is 8.25. The van der Waals surface area contributed by atoms with Crippen molar-refractivity contribution < 1.29 is 9.59 Å². The fraction of sp³-hybridized carbons (Fsp3) is 0.138. The fourth-order valence-electron chi connectivity index (χ4n) is 3.88. The molecule has 35 heavy (non-hydrogen) atoms. The first kappa shape index (κ1) is 24.2. The van der Waals surface area contributed by atoms with Gasteiger partial charge in [-0.1, -0.05) is 84.4 Å². The highest BCUT2D eigenvalue weighted by molar-refractivity contribution is 6.30. The quantitative estimate of drug-likeness (QED) is 0.348. The predicted molar refractivity (Wildman–Crippen MR) is 137 cm³/mol. The Morgan fingerprint density at radius 3 is 2.06 bits per heavy atom. The minimum absolute atomic E-state index is 0.149. The van der Waals surface area contributed by atoms with E-state index in [1.165, 1.54) is 0 Å². The van der Waals surface area contributed by atoms with Crippen LogP contribution in [0.5, 0.6) is 0 Å². The number of hydrogen-bond acceptors (Lipinski definition) is 3. The summed E-state index contributed by atoms with van der Waals surface area (Å²) in [6, 6.07) is 29.2. The molecule has 0 radical (unpaired) electrons. The molecule has 4 aromatic rings. The lowest BCUT2D eigenvalue weighted by Crippen LogP contribution is -2.43. The lowest BCUT2D eigenvalue weighted by atomic mass is 10.0. The first-order valence-electron chi connectivity index (χ1n) is 11.4. The van der Waals surface area contributed by atoms with Gasteiger partial charge in [0.1, 0.15) is 6.04 Å². The highest BCUT2D eigenvalue weighted by Gasteiger charge is 2.31. The molecule has 1 aromatic heterocycles. The average molecular weight is 484 g/mol. The summed E-state index contributed by atoms with van der Waals surface area (Å²) in [6.45, 7) is 0.644. The van der Waals surface area contributed by atoms with Crippen LogP contribution in [0.3, 0.4) is 0 Å². The van der Waals surface area contributed by atoms with Gasteiger partial charge < -0.3 is 10.2 Å². The van der Waals surface area contributed by atoms with E-state index < -0.39 is 6.04 Å². The third-order valence-corrected chi connectivity index (χ3v) is 5.93. The number of pyridine rings is 1. The van der Waals surface area contributed by atoms with Crippen LogP contribution in [-0.4, -0.2) is 21.7 Å². The molecule has 1 unspecified atom stereocenters. The van der Waals surface area contributed by atoms with Crippen LogP contribution in [0.1, 0.15) is 28.3 Å².